The summed E-state index contributed by atoms with van der Waals surface area (Å²) in [6, 6.07) is 0. The molecule has 0 fully saturated rings. The normalized spacial score (nSPS) is 13.2. The molecule has 0 saturated heterocycles. The quantitative estimate of drug-likeness (QED) is 0.902. The summed E-state index contributed by atoms with van der Waals surface area (Å²) in [5.41, 5.74) is 8.17. The van der Waals surface area contributed by atoms with Crippen LogP contribution in [0.4, 0.5) is 0 Å². The van der Waals surface area contributed by atoms with E-state index in [2.05, 4.69) is 33.8 Å². The van der Waals surface area contributed by atoms with E-state index in [-0.39, 0.29) is 0 Å². The molecule has 2 rings (SSSR count). The van der Waals surface area contributed by atoms with E-state index >= 15 is 0 Å². The predicted molar refractivity (Wildman–Crippen MR) is 74.8 cm³/mol. The molecule has 2 heterocycles. The van der Waals surface area contributed by atoms with Gasteiger partial charge in [0.1, 0.15) is 5.01 Å². The van der Waals surface area contributed by atoms with Crippen molar-refractivity contribution in [2.75, 3.05) is 6.54 Å². The van der Waals surface area contributed by atoms with Gasteiger partial charge >= 0.3 is 0 Å². The highest BCUT2D eigenvalue weighted by atomic mass is 32.1. The molecule has 0 aromatic carbocycles. The van der Waals surface area contributed by atoms with Crippen LogP contribution in [0.25, 0.3) is 0 Å². The van der Waals surface area contributed by atoms with Gasteiger partial charge in [0.05, 0.1) is 12.9 Å². The van der Waals surface area contributed by atoms with Gasteiger partial charge in [0.15, 0.2) is 0 Å². The molecule has 0 spiro atoms. The highest BCUT2D eigenvalue weighted by molar-refractivity contribution is 7.09. The van der Waals surface area contributed by atoms with E-state index in [1.165, 1.54) is 5.69 Å². The summed E-state index contributed by atoms with van der Waals surface area (Å²) >= 11 is 1.69. The van der Waals surface area contributed by atoms with Crippen LogP contribution in [0.5, 0.6) is 0 Å². The molecule has 1 unspecified atom stereocenters. The van der Waals surface area contributed by atoms with Crippen molar-refractivity contribution in [1.82, 2.24) is 14.5 Å². The number of hydrogen-bond acceptors (Lipinski definition) is 4. The zero-order valence-electron chi connectivity index (χ0n) is 11.1. The number of imidazole rings is 1. The molecule has 4 nitrogen and oxygen atoms in total. The van der Waals surface area contributed by atoms with Crippen LogP contribution in [0.1, 0.15) is 36.2 Å². The first-order chi connectivity index (χ1) is 8.61. The lowest BCUT2D eigenvalue weighted by Crippen LogP contribution is -2.21. The fourth-order valence-corrected chi connectivity index (χ4v) is 2.90. The Kier molecular flexibility index (Phi) is 4.14. The largest absolute Gasteiger partial charge is 0.330 e. The summed E-state index contributed by atoms with van der Waals surface area (Å²) in [5, 5.41) is 3.20. The minimum absolute atomic E-state index is 0.355. The first-order valence-electron chi connectivity index (χ1n) is 6.23. The van der Waals surface area contributed by atoms with Crippen LogP contribution in [0.3, 0.4) is 0 Å². The number of rotatable bonds is 5. The zero-order valence-corrected chi connectivity index (χ0v) is 11.9. The van der Waals surface area contributed by atoms with E-state index in [0.717, 1.165) is 17.2 Å². The zero-order chi connectivity index (χ0) is 13.1. The second-order valence-corrected chi connectivity index (χ2v) is 5.86. The lowest BCUT2D eigenvalue weighted by Gasteiger charge is -2.20. The third-order valence-electron chi connectivity index (χ3n) is 3.16. The lowest BCUT2D eigenvalue weighted by atomic mass is 9.93. The molecule has 0 bridgehead atoms. The molecule has 0 aliphatic carbocycles. The van der Waals surface area contributed by atoms with Gasteiger partial charge in [0.2, 0.25) is 0 Å². The monoisotopic (exact) mass is 264 g/mol. The van der Waals surface area contributed by atoms with E-state index in [9.17, 15) is 0 Å². The smallest absolute Gasteiger partial charge is 0.113 e. The van der Waals surface area contributed by atoms with Gasteiger partial charge in [-0.1, -0.05) is 13.8 Å². The SMILES string of the molecule is Cc1csc(Cn2cncc2C(CN)C(C)C)n1. The molecule has 0 saturated carbocycles. The van der Waals surface area contributed by atoms with Crippen LogP contribution in [0.2, 0.25) is 0 Å². The van der Waals surface area contributed by atoms with Gasteiger partial charge in [-0.15, -0.1) is 11.3 Å². The maximum absolute atomic E-state index is 5.88. The second-order valence-electron chi connectivity index (χ2n) is 4.92. The maximum Gasteiger partial charge on any atom is 0.113 e. The highest BCUT2D eigenvalue weighted by Crippen LogP contribution is 2.24. The summed E-state index contributed by atoms with van der Waals surface area (Å²) < 4.78 is 2.16. The molecular weight excluding hydrogens is 244 g/mol. The van der Waals surface area contributed by atoms with Crippen molar-refractivity contribution >= 4 is 11.3 Å². The molecule has 0 radical (unpaired) electrons. The van der Waals surface area contributed by atoms with Gasteiger partial charge in [0, 0.05) is 35.4 Å². The van der Waals surface area contributed by atoms with E-state index in [4.69, 9.17) is 5.73 Å². The van der Waals surface area contributed by atoms with Crippen molar-refractivity contribution in [3.8, 4) is 0 Å². The second kappa shape index (κ2) is 5.63. The summed E-state index contributed by atoms with van der Waals surface area (Å²) in [5.74, 6) is 0.872. The molecule has 0 amide bonds. The Morgan fingerprint density at radius 3 is 2.78 bits per heavy atom. The summed E-state index contributed by atoms with van der Waals surface area (Å²) in [6.07, 6.45) is 3.80. The van der Waals surface area contributed by atoms with E-state index in [0.29, 0.717) is 18.4 Å². The summed E-state index contributed by atoms with van der Waals surface area (Å²) in [6.45, 7) is 7.85. The first-order valence-corrected chi connectivity index (χ1v) is 7.11. The third kappa shape index (κ3) is 2.79. The fourth-order valence-electron chi connectivity index (χ4n) is 2.13. The van der Waals surface area contributed by atoms with Gasteiger partial charge in [0.25, 0.3) is 0 Å². The highest BCUT2D eigenvalue weighted by Gasteiger charge is 2.18. The summed E-state index contributed by atoms with van der Waals surface area (Å²) in [4.78, 5) is 8.76. The molecule has 0 aliphatic rings. The van der Waals surface area contributed by atoms with Crippen LogP contribution in [0, 0.1) is 12.8 Å². The van der Waals surface area contributed by atoms with Gasteiger partial charge in [-0.2, -0.15) is 0 Å². The van der Waals surface area contributed by atoms with Crippen molar-refractivity contribution in [2.24, 2.45) is 11.7 Å². The lowest BCUT2D eigenvalue weighted by molar-refractivity contribution is 0.478. The minimum atomic E-state index is 0.355. The molecule has 2 aromatic rings. The van der Waals surface area contributed by atoms with Crippen LogP contribution >= 0.6 is 11.3 Å². The molecule has 2 aromatic heterocycles. The number of thiazole rings is 1. The number of nitrogens with two attached hydrogens (primary N) is 1. The van der Waals surface area contributed by atoms with Crippen molar-refractivity contribution in [3.05, 3.63) is 34.3 Å². The fraction of sp³-hybridized carbons (Fsp3) is 0.538. The first kappa shape index (κ1) is 13.2. The Morgan fingerprint density at radius 2 is 2.22 bits per heavy atom. The molecule has 0 aliphatic heterocycles. The average Bonchev–Trinajstić information content (AvgIpc) is 2.90. The summed E-state index contributed by atoms with van der Waals surface area (Å²) in [7, 11) is 0. The standard InChI is InChI=1S/C13H20N4S/c1-9(2)11(4-14)12-5-15-8-17(12)6-13-16-10(3)7-18-13/h5,7-9,11H,4,6,14H2,1-3H3. The van der Waals surface area contributed by atoms with Crippen LogP contribution in [0.15, 0.2) is 17.9 Å². The van der Waals surface area contributed by atoms with E-state index < -0.39 is 0 Å². The van der Waals surface area contributed by atoms with Crippen molar-refractivity contribution < 1.29 is 0 Å². The molecule has 1 atom stereocenters. The minimum Gasteiger partial charge on any atom is -0.330 e. The van der Waals surface area contributed by atoms with Gasteiger partial charge in [-0.3, -0.25) is 0 Å². The Labute approximate surface area is 112 Å². The molecule has 98 valence electrons. The Hall–Kier alpha value is -1.20. The van der Waals surface area contributed by atoms with Crippen LogP contribution < -0.4 is 5.73 Å². The van der Waals surface area contributed by atoms with Gasteiger partial charge < -0.3 is 10.3 Å². The predicted octanol–water partition coefficient (Wildman–Crippen LogP) is 2.39. The number of aromatic nitrogens is 3. The third-order valence-corrected chi connectivity index (χ3v) is 4.11. The molecule has 2 N–H and O–H groups in total. The van der Waals surface area contributed by atoms with Crippen LogP contribution in [-0.4, -0.2) is 21.1 Å². The Balaban J connectivity index is 2.22. The Morgan fingerprint density at radius 1 is 1.44 bits per heavy atom. The van der Waals surface area contributed by atoms with Crippen LogP contribution in [-0.2, 0) is 6.54 Å². The Bertz CT molecular complexity index is 501. The van der Waals surface area contributed by atoms with Crippen molar-refractivity contribution in [3.63, 3.8) is 0 Å². The topological polar surface area (TPSA) is 56.7 Å². The van der Waals surface area contributed by atoms with E-state index in [1.807, 2.05) is 19.4 Å². The molecule has 5 heteroatoms. The molecular formula is C13H20N4S. The maximum atomic E-state index is 5.88. The number of hydrogen-bond donors (Lipinski definition) is 1. The van der Waals surface area contributed by atoms with Gasteiger partial charge in [-0.05, 0) is 12.8 Å². The number of aryl methyl sites for hydroxylation is 1. The van der Waals surface area contributed by atoms with Crippen molar-refractivity contribution in [1.29, 1.82) is 0 Å². The number of nitrogens with zero attached hydrogens (tertiary/aromatic N) is 3. The van der Waals surface area contributed by atoms with E-state index in [1.54, 1.807) is 11.3 Å². The van der Waals surface area contributed by atoms with Crippen molar-refractivity contribution in [2.45, 2.75) is 33.2 Å². The van der Waals surface area contributed by atoms with Gasteiger partial charge in [-0.25, -0.2) is 9.97 Å². The average molecular weight is 264 g/mol. The molecule has 18 heavy (non-hydrogen) atoms.